The maximum atomic E-state index is 9.10. The van der Waals surface area contributed by atoms with Crippen LogP contribution in [0.3, 0.4) is 0 Å². The van der Waals surface area contributed by atoms with Crippen LogP contribution in [0, 0.1) is 11.3 Å². The molecule has 0 saturated heterocycles. The van der Waals surface area contributed by atoms with E-state index in [0.717, 1.165) is 11.3 Å². The smallest absolute Gasteiger partial charge is 0.232 e. The number of para-hydroxylation sites is 1. The lowest BCUT2D eigenvalue weighted by atomic mass is 10.1. The number of aromatic nitrogens is 3. The van der Waals surface area contributed by atoms with Crippen molar-refractivity contribution >= 4 is 17.6 Å². The van der Waals surface area contributed by atoms with Crippen LogP contribution in [-0.2, 0) is 0 Å². The van der Waals surface area contributed by atoms with Gasteiger partial charge in [-0.05, 0) is 38.1 Å². The van der Waals surface area contributed by atoms with E-state index in [9.17, 15) is 0 Å². The fourth-order valence-corrected chi connectivity index (χ4v) is 2.26. The van der Waals surface area contributed by atoms with Crippen LogP contribution in [0.4, 0.5) is 17.6 Å². The summed E-state index contributed by atoms with van der Waals surface area (Å²) in [5.41, 5.74) is 2.22. The lowest BCUT2D eigenvalue weighted by Crippen LogP contribution is -2.14. The molecule has 0 spiro atoms. The van der Waals surface area contributed by atoms with E-state index in [1.165, 1.54) is 0 Å². The molecule has 1 heterocycles. The lowest BCUT2D eigenvalue weighted by Gasteiger charge is -2.12. The van der Waals surface area contributed by atoms with Crippen LogP contribution in [-0.4, -0.2) is 21.0 Å². The Hall–Kier alpha value is -3.46. The third kappa shape index (κ3) is 4.30. The molecule has 0 fully saturated rings. The Bertz CT molecular complexity index is 899. The number of rotatable bonds is 5. The highest BCUT2D eigenvalue weighted by Gasteiger charge is 2.10. The first kappa shape index (κ1) is 16.4. The van der Waals surface area contributed by atoms with Gasteiger partial charge in [0.15, 0.2) is 5.82 Å². The third-order valence-electron chi connectivity index (χ3n) is 3.33. The highest BCUT2D eigenvalue weighted by molar-refractivity contribution is 5.62. The topological polar surface area (TPSA) is 86.5 Å². The second-order valence-corrected chi connectivity index (χ2v) is 5.79. The van der Waals surface area contributed by atoms with Gasteiger partial charge in [-0.2, -0.15) is 20.2 Å². The summed E-state index contributed by atoms with van der Waals surface area (Å²) in [5.74, 6) is 1.44. The minimum absolute atomic E-state index is 0.185. The fourth-order valence-electron chi connectivity index (χ4n) is 2.26. The Labute approximate surface area is 146 Å². The molecule has 25 heavy (non-hydrogen) atoms. The molecule has 2 aromatic carbocycles. The van der Waals surface area contributed by atoms with E-state index in [-0.39, 0.29) is 6.04 Å². The highest BCUT2D eigenvalue weighted by atomic mass is 15.2. The van der Waals surface area contributed by atoms with Crippen molar-refractivity contribution in [2.75, 3.05) is 10.6 Å². The first-order valence-electron chi connectivity index (χ1n) is 7.99. The zero-order chi connectivity index (χ0) is 17.6. The van der Waals surface area contributed by atoms with E-state index in [0.29, 0.717) is 23.3 Å². The number of anilines is 3. The van der Waals surface area contributed by atoms with Gasteiger partial charge in [-0.3, -0.25) is 0 Å². The fraction of sp³-hybridized carbons (Fsp3) is 0.158. The molecule has 0 atom stereocenters. The van der Waals surface area contributed by atoms with Crippen molar-refractivity contribution in [3.05, 3.63) is 60.2 Å². The van der Waals surface area contributed by atoms with Crippen LogP contribution < -0.4 is 10.6 Å². The molecule has 6 nitrogen and oxygen atoms in total. The van der Waals surface area contributed by atoms with Crippen molar-refractivity contribution in [1.29, 1.82) is 5.26 Å². The summed E-state index contributed by atoms with van der Waals surface area (Å²) in [6.07, 6.45) is 0. The summed E-state index contributed by atoms with van der Waals surface area (Å²) in [7, 11) is 0. The number of benzene rings is 2. The van der Waals surface area contributed by atoms with Gasteiger partial charge >= 0.3 is 0 Å². The monoisotopic (exact) mass is 330 g/mol. The molecule has 0 bridgehead atoms. The first-order chi connectivity index (χ1) is 12.1. The molecule has 1 aromatic heterocycles. The van der Waals surface area contributed by atoms with Crippen molar-refractivity contribution in [3.63, 3.8) is 0 Å². The standard InChI is InChI=1S/C19H18N6/c1-13(2)21-18-23-17(15-8-6-7-14(11-15)12-20)24-19(25-18)22-16-9-4-3-5-10-16/h3-11,13H,1-2H3,(H2,21,22,23,24,25). The Balaban J connectivity index is 2.01. The van der Waals surface area contributed by atoms with Crippen molar-refractivity contribution in [3.8, 4) is 17.5 Å². The van der Waals surface area contributed by atoms with E-state index in [4.69, 9.17) is 5.26 Å². The minimum atomic E-state index is 0.185. The van der Waals surface area contributed by atoms with Gasteiger partial charge in [0.25, 0.3) is 0 Å². The largest absolute Gasteiger partial charge is 0.352 e. The zero-order valence-corrected chi connectivity index (χ0v) is 14.1. The number of nitrogens with one attached hydrogen (secondary N) is 2. The van der Waals surface area contributed by atoms with Crippen LogP contribution in [0.2, 0.25) is 0 Å². The molecule has 0 aliphatic heterocycles. The van der Waals surface area contributed by atoms with Crippen LogP contribution >= 0.6 is 0 Å². The van der Waals surface area contributed by atoms with Gasteiger partial charge in [-0.15, -0.1) is 0 Å². The Morgan fingerprint density at radius 3 is 2.40 bits per heavy atom. The van der Waals surface area contributed by atoms with Gasteiger partial charge in [0, 0.05) is 17.3 Å². The van der Waals surface area contributed by atoms with Crippen molar-refractivity contribution < 1.29 is 0 Å². The van der Waals surface area contributed by atoms with Crippen LogP contribution in [0.1, 0.15) is 19.4 Å². The molecule has 0 amide bonds. The summed E-state index contributed by atoms with van der Waals surface area (Å²) in [6, 6.07) is 19.2. The quantitative estimate of drug-likeness (QED) is 0.736. The molecular weight excluding hydrogens is 312 g/mol. The summed E-state index contributed by atoms with van der Waals surface area (Å²) >= 11 is 0. The van der Waals surface area contributed by atoms with E-state index in [2.05, 4.69) is 31.7 Å². The van der Waals surface area contributed by atoms with Crippen LogP contribution in [0.5, 0.6) is 0 Å². The highest BCUT2D eigenvalue weighted by Crippen LogP contribution is 2.21. The first-order valence-corrected chi connectivity index (χ1v) is 7.99. The van der Waals surface area contributed by atoms with E-state index >= 15 is 0 Å². The van der Waals surface area contributed by atoms with E-state index in [1.54, 1.807) is 12.1 Å². The normalized spacial score (nSPS) is 10.3. The zero-order valence-electron chi connectivity index (χ0n) is 14.1. The van der Waals surface area contributed by atoms with Crippen molar-refractivity contribution in [1.82, 2.24) is 15.0 Å². The average Bonchev–Trinajstić information content (AvgIpc) is 2.62. The number of hydrogen-bond acceptors (Lipinski definition) is 6. The summed E-state index contributed by atoms with van der Waals surface area (Å²) in [6.45, 7) is 4.04. The molecule has 3 aromatic rings. The van der Waals surface area contributed by atoms with Crippen molar-refractivity contribution in [2.45, 2.75) is 19.9 Å². The van der Waals surface area contributed by atoms with Gasteiger partial charge in [0.2, 0.25) is 11.9 Å². The van der Waals surface area contributed by atoms with Gasteiger partial charge in [-0.25, -0.2) is 0 Å². The molecule has 0 aliphatic rings. The minimum Gasteiger partial charge on any atom is -0.352 e. The van der Waals surface area contributed by atoms with Crippen molar-refractivity contribution in [2.24, 2.45) is 0 Å². The lowest BCUT2D eigenvalue weighted by molar-refractivity contribution is 0.869. The Morgan fingerprint density at radius 1 is 0.920 bits per heavy atom. The molecular formula is C19H18N6. The average molecular weight is 330 g/mol. The number of nitriles is 1. The Morgan fingerprint density at radius 2 is 1.68 bits per heavy atom. The second-order valence-electron chi connectivity index (χ2n) is 5.79. The van der Waals surface area contributed by atoms with Gasteiger partial charge < -0.3 is 10.6 Å². The summed E-state index contributed by atoms with van der Waals surface area (Å²) in [5, 5.41) is 15.5. The molecule has 0 aliphatic carbocycles. The molecule has 0 radical (unpaired) electrons. The maximum absolute atomic E-state index is 9.10. The van der Waals surface area contributed by atoms with E-state index < -0.39 is 0 Å². The number of nitrogens with zero attached hydrogens (tertiary/aromatic N) is 4. The molecule has 124 valence electrons. The number of hydrogen-bond donors (Lipinski definition) is 2. The second kappa shape index (κ2) is 7.41. The van der Waals surface area contributed by atoms with Gasteiger partial charge in [-0.1, -0.05) is 30.3 Å². The molecule has 6 heteroatoms. The molecule has 2 N–H and O–H groups in total. The molecule has 3 rings (SSSR count). The van der Waals surface area contributed by atoms with Crippen LogP contribution in [0.15, 0.2) is 54.6 Å². The predicted octanol–water partition coefficient (Wildman–Crippen LogP) is 3.97. The molecule has 0 saturated carbocycles. The summed E-state index contributed by atoms with van der Waals surface area (Å²) < 4.78 is 0. The van der Waals surface area contributed by atoms with Gasteiger partial charge in [0.1, 0.15) is 0 Å². The maximum Gasteiger partial charge on any atom is 0.232 e. The summed E-state index contributed by atoms with van der Waals surface area (Å²) in [4.78, 5) is 13.4. The predicted molar refractivity (Wildman–Crippen MR) is 98.5 cm³/mol. The van der Waals surface area contributed by atoms with Crippen LogP contribution in [0.25, 0.3) is 11.4 Å². The van der Waals surface area contributed by atoms with E-state index in [1.807, 2.05) is 56.3 Å². The third-order valence-corrected chi connectivity index (χ3v) is 3.33. The Kier molecular flexibility index (Phi) is 4.86. The molecule has 0 unspecified atom stereocenters. The SMILES string of the molecule is CC(C)Nc1nc(Nc2ccccc2)nc(-c2cccc(C#N)c2)n1. The van der Waals surface area contributed by atoms with Gasteiger partial charge in [0.05, 0.1) is 11.6 Å².